The number of nitrogens with two attached hydrogens (primary N) is 2. The Balaban J connectivity index is 0.000000229. The lowest BCUT2D eigenvalue weighted by molar-refractivity contribution is -0.941. The molecule has 0 spiro atoms. The molecule has 4 aromatic rings. The molecule has 4 aromatic carbocycles. The fraction of sp³-hybridized carbons (Fsp3) is 0.111. The van der Waals surface area contributed by atoms with Crippen molar-refractivity contribution in [3.8, 4) is 0 Å². The molecule has 0 fully saturated rings. The first-order valence-corrected chi connectivity index (χ1v) is 12.3. The molecule has 0 heterocycles. The van der Waals surface area contributed by atoms with Crippen LogP contribution in [0.1, 0.15) is 16.7 Å². The summed E-state index contributed by atoms with van der Waals surface area (Å²) in [5.74, 6) is 0. The highest BCUT2D eigenvalue weighted by Gasteiger charge is 2.11. The zero-order valence-electron chi connectivity index (χ0n) is 18.8. The van der Waals surface area contributed by atoms with Crippen molar-refractivity contribution in [1.29, 1.82) is 0 Å². The highest BCUT2D eigenvalue weighted by atomic mass is 32.2. The third-order valence-electron chi connectivity index (χ3n) is 5.20. The van der Waals surface area contributed by atoms with Gasteiger partial charge in [-0.3, -0.25) is 0 Å². The third kappa shape index (κ3) is 8.04. The summed E-state index contributed by atoms with van der Waals surface area (Å²) < 4.78 is 31.5. The summed E-state index contributed by atoms with van der Waals surface area (Å²) in [7, 11) is -4.51. The Labute approximate surface area is 201 Å². The zero-order valence-corrected chi connectivity index (χ0v) is 19.6. The molecule has 0 unspecified atom stereocenters. The number of quaternary nitrogens is 1. The summed E-state index contributed by atoms with van der Waals surface area (Å²) in [6.07, 6.45) is 0. The molecule has 0 aliphatic rings. The molecule has 0 aliphatic heterocycles. The summed E-state index contributed by atoms with van der Waals surface area (Å²) in [6.45, 7) is 3.14. The maximum atomic E-state index is 10.5. The first-order valence-electron chi connectivity index (χ1n) is 10.9. The van der Waals surface area contributed by atoms with Crippen LogP contribution >= 0.6 is 0 Å². The van der Waals surface area contributed by atoms with Gasteiger partial charge in [-0.1, -0.05) is 91.0 Å². The lowest BCUT2D eigenvalue weighted by Gasteiger charge is -2.20. The van der Waals surface area contributed by atoms with Gasteiger partial charge in [-0.05, 0) is 18.2 Å². The number of nitrogens with one attached hydrogen (secondary N) is 1. The van der Waals surface area contributed by atoms with Crippen LogP contribution in [-0.2, 0) is 29.8 Å². The first kappa shape index (κ1) is 25.0. The van der Waals surface area contributed by atoms with Crippen LogP contribution in [0.3, 0.4) is 0 Å². The van der Waals surface area contributed by atoms with Crippen molar-refractivity contribution in [2.24, 2.45) is 0 Å². The van der Waals surface area contributed by atoms with E-state index in [0.29, 0.717) is 0 Å². The smallest absolute Gasteiger partial charge is 0.126 e. The Hall–Kier alpha value is -3.65. The largest absolute Gasteiger partial charge is 0.744 e. The van der Waals surface area contributed by atoms with Crippen molar-refractivity contribution in [2.45, 2.75) is 24.5 Å². The van der Waals surface area contributed by atoms with Gasteiger partial charge in [0.15, 0.2) is 0 Å². The van der Waals surface area contributed by atoms with Crippen LogP contribution in [-0.4, -0.2) is 13.0 Å². The highest BCUT2D eigenvalue weighted by molar-refractivity contribution is 7.86. The van der Waals surface area contributed by atoms with Gasteiger partial charge in [0.25, 0.3) is 0 Å². The predicted octanol–water partition coefficient (Wildman–Crippen LogP) is 3.23. The van der Waals surface area contributed by atoms with Crippen molar-refractivity contribution in [3.05, 3.63) is 126 Å². The summed E-state index contributed by atoms with van der Waals surface area (Å²) in [5, 5.41) is 0. The average molecular weight is 476 g/mol. The number of hydrogen-bond donors (Lipinski definition) is 3. The van der Waals surface area contributed by atoms with Crippen molar-refractivity contribution in [3.63, 3.8) is 0 Å². The Bertz CT molecular complexity index is 1170. The van der Waals surface area contributed by atoms with Gasteiger partial charge >= 0.3 is 0 Å². The molecule has 5 N–H and O–H groups in total. The molecule has 34 heavy (non-hydrogen) atoms. The van der Waals surface area contributed by atoms with Crippen molar-refractivity contribution < 1.29 is 17.9 Å². The standard InChI is InChI=1S/C21H21N.C6H8N2O3S/c1-4-10-19(11-5-1)16-22(17-20-12-6-2-7-13-20)18-21-14-8-3-9-15-21;7-4-1-2-5(8)6(3-4)12(9,10)11/h1-15H,16-18H2;1-3H,7-8H2,(H,9,10,11). The maximum absolute atomic E-state index is 10.5. The average Bonchev–Trinajstić information content (AvgIpc) is 2.82. The van der Waals surface area contributed by atoms with Crippen LogP contribution in [0.5, 0.6) is 0 Å². The molecule has 0 aromatic heterocycles. The Morgan fingerprint density at radius 1 is 0.618 bits per heavy atom. The van der Waals surface area contributed by atoms with E-state index in [0.717, 1.165) is 25.7 Å². The molecule has 0 saturated carbocycles. The molecule has 0 bridgehead atoms. The minimum Gasteiger partial charge on any atom is -0.744 e. The fourth-order valence-corrected chi connectivity index (χ4v) is 4.25. The summed E-state index contributed by atoms with van der Waals surface area (Å²) >= 11 is 0. The van der Waals surface area contributed by atoms with E-state index in [-0.39, 0.29) is 11.4 Å². The van der Waals surface area contributed by atoms with Gasteiger partial charge in [-0.25, -0.2) is 8.42 Å². The normalized spacial score (nSPS) is 11.0. The van der Waals surface area contributed by atoms with E-state index in [1.807, 2.05) is 0 Å². The monoisotopic (exact) mass is 475 g/mol. The van der Waals surface area contributed by atoms with E-state index in [4.69, 9.17) is 11.5 Å². The number of rotatable bonds is 7. The summed E-state index contributed by atoms with van der Waals surface area (Å²) in [6, 6.07) is 36.0. The molecule has 4 rings (SSSR count). The topological polar surface area (TPSA) is 114 Å². The van der Waals surface area contributed by atoms with E-state index < -0.39 is 15.0 Å². The maximum Gasteiger partial charge on any atom is 0.126 e. The Morgan fingerprint density at radius 3 is 1.32 bits per heavy atom. The van der Waals surface area contributed by atoms with Crippen LogP contribution < -0.4 is 16.4 Å². The van der Waals surface area contributed by atoms with E-state index in [9.17, 15) is 13.0 Å². The molecule has 176 valence electrons. The fourth-order valence-electron chi connectivity index (χ4n) is 3.61. The van der Waals surface area contributed by atoms with E-state index in [1.165, 1.54) is 28.8 Å². The number of benzene rings is 4. The van der Waals surface area contributed by atoms with E-state index in [2.05, 4.69) is 91.0 Å². The minimum atomic E-state index is -4.51. The highest BCUT2D eigenvalue weighted by Crippen LogP contribution is 2.20. The number of hydrogen-bond acceptors (Lipinski definition) is 5. The molecule has 7 heteroatoms. The van der Waals surface area contributed by atoms with Gasteiger partial charge in [0.05, 0.1) is 4.90 Å². The summed E-state index contributed by atoms with van der Waals surface area (Å²) in [4.78, 5) is 1.09. The van der Waals surface area contributed by atoms with Crippen molar-refractivity contribution in [2.75, 3.05) is 11.5 Å². The van der Waals surface area contributed by atoms with Crippen LogP contribution in [0.15, 0.2) is 114 Å². The van der Waals surface area contributed by atoms with Crippen molar-refractivity contribution in [1.82, 2.24) is 0 Å². The van der Waals surface area contributed by atoms with Gasteiger partial charge in [-0.2, -0.15) is 0 Å². The summed E-state index contributed by atoms with van der Waals surface area (Å²) in [5.41, 5.74) is 14.8. The van der Waals surface area contributed by atoms with Gasteiger partial charge in [0, 0.05) is 28.1 Å². The quantitative estimate of drug-likeness (QED) is 0.281. The Morgan fingerprint density at radius 2 is 1.00 bits per heavy atom. The van der Waals surface area contributed by atoms with Crippen LogP contribution in [0.25, 0.3) is 0 Å². The second-order valence-corrected chi connectivity index (χ2v) is 9.34. The number of anilines is 2. The second kappa shape index (κ2) is 12.0. The Kier molecular flexibility index (Phi) is 8.81. The van der Waals surface area contributed by atoms with Crippen LogP contribution in [0.4, 0.5) is 11.4 Å². The lowest BCUT2D eigenvalue weighted by atomic mass is 10.1. The molecule has 6 nitrogen and oxygen atoms in total. The van der Waals surface area contributed by atoms with Gasteiger partial charge in [-0.15, -0.1) is 0 Å². The van der Waals surface area contributed by atoms with Crippen molar-refractivity contribution >= 4 is 21.5 Å². The van der Waals surface area contributed by atoms with Gasteiger partial charge in [0.2, 0.25) is 0 Å². The third-order valence-corrected chi connectivity index (χ3v) is 6.09. The van der Waals surface area contributed by atoms with Crippen LogP contribution in [0, 0.1) is 0 Å². The minimum absolute atomic E-state index is 0.0841. The number of nitrogen functional groups attached to an aromatic ring is 2. The van der Waals surface area contributed by atoms with Crippen LogP contribution in [0.2, 0.25) is 0 Å². The molecule has 0 aliphatic carbocycles. The molecule has 0 radical (unpaired) electrons. The second-order valence-electron chi connectivity index (χ2n) is 7.99. The first-order chi connectivity index (χ1) is 16.3. The lowest BCUT2D eigenvalue weighted by Crippen LogP contribution is -3.08. The van der Waals surface area contributed by atoms with Gasteiger partial charge < -0.3 is 20.9 Å². The molecule has 0 amide bonds. The zero-order chi connectivity index (χ0) is 24.4. The van der Waals surface area contributed by atoms with Gasteiger partial charge in [0.1, 0.15) is 29.8 Å². The van der Waals surface area contributed by atoms with E-state index in [1.54, 1.807) is 4.90 Å². The molecule has 0 atom stereocenters. The molecule has 0 saturated heterocycles. The van der Waals surface area contributed by atoms with E-state index >= 15 is 0 Å². The molecular formula is C27H29N3O3S. The molecular weight excluding hydrogens is 446 g/mol. The SMILES string of the molecule is Nc1ccc(N)c(S(=O)(=O)[O-])c1.c1ccc(C[NH+](Cc2ccccc2)Cc2ccccc2)cc1. The predicted molar refractivity (Wildman–Crippen MR) is 135 cm³/mol.